The fraction of sp³-hybridized carbons (Fsp3) is 0.600. The zero-order valence-corrected chi connectivity index (χ0v) is 11.2. The van der Waals surface area contributed by atoms with Gasteiger partial charge in [-0.2, -0.15) is 0 Å². The topological polar surface area (TPSA) is 3.24 Å². The predicted octanol–water partition coefficient (Wildman–Crippen LogP) is 4.40. The fourth-order valence-corrected chi connectivity index (χ4v) is 2.47. The van der Waals surface area contributed by atoms with Crippen LogP contribution in [0.25, 0.3) is 0 Å². The van der Waals surface area contributed by atoms with Crippen molar-refractivity contribution < 1.29 is 4.39 Å². The summed E-state index contributed by atoms with van der Waals surface area (Å²) in [6.07, 6.45) is 3.50. The molecule has 0 bridgehead atoms. The van der Waals surface area contributed by atoms with Gasteiger partial charge in [0.2, 0.25) is 0 Å². The van der Waals surface area contributed by atoms with E-state index in [-0.39, 0.29) is 11.9 Å². The van der Waals surface area contributed by atoms with Crippen LogP contribution in [0.1, 0.15) is 51.6 Å². The highest BCUT2D eigenvalue weighted by atomic mass is 19.1. The number of halogens is 1. The highest BCUT2D eigenvalue weighted by Gasteiger charge is 2.23. The maximum absolute atomic E-state index is 13.7. The molecule has 0 radical (unpaired) electrons. The van der Waals surface area contributed by atoms with Gasteiger partial charge < -0.3 is 0 Å². The number of benzene rings is 1. The van der Waals surface area contributed by atoms with Gasteiger partial charge in [0.15, 0.2) is 0 Å². The van der Waals surface area contributed by atoms with E-state index in [0.717, 1.165) is 25.1 Å². The largest absolute Gasteiger partial charge is 0.296 e. The minimum Gasteiger partial charge on any atom is -0.296 e. The number of nitrogens with zero attached hydrogens (tertiary/aromatic N) is 1. The second-order valence-electron chi connectivity index (χ2n) is 4.19. The highest BCUT2D eigenvalue weighted by Crippen LogP contribution is 2.29. The third-order valence-electron chi connectivity index (χ3n) is 3.23. The van der Waals surface area contributed by atoms with Gasteiger partial charge in [0.05, 0.1) is 0 Å². The SMILES string of the molecule is CC.CCC(c1ccccc1F)N1CCCC1. The Morgan fingerprint density at radius 2 is 1.76 bits per heavy atom. The molecule has 2 heteroatoms. The summed E-state index contributed by atoms with van der Waals surface area (Å²) in [5.74, 6) is -0.0590. The Labute approximate surface area is 105 Å². The lowest BCUT2D eigenvalue weighted by Crippen LogP contribution is -2.25. The van der Waals surface area contributed by atoms with Gasteiger partial charge in [-0.25, -0.2) is 4.39 Å². The van der Waals surface area contributed by atoms with Crippen molar-refractivity contribution in [1.82, 2.24) is 4.90 Å². The van der Waals surface area contributed by atoms with Crippen LogP contribution in [0.4, 0.5) is 4.39 Å². The van der Waals surface area contributed by atoms with Crippen LogP contribution in [0.5, 0.6) is 0 Å². The molecule has 2 rings (SSSR count). The third kappa shape index (κ3) is 3.53. The van der Waals surface area contributed by atoms with Crippen LogP contribution >= 0.6 is 0 Å². The molecule has 1 aromatic rings. The second-order valence-corrected chi connectivity index (χ2v) is 4.19. The van der Waals surface area contributed by atoms with E-state index in [1.54, 1.807) is 12.1 Å². The number of likely N-dealkylation sites (tertiary alicyclic amines) is 1. The Hall–Kier alpha value is -0.890. The van der Waals surface area contributed by atoms with Gasteiger partial charge in [0.25, 0.3) is 0 Å². The molecule has 0 saturated carbocycles. The van der Waals surface area contributed by atoms with E-state index >= 15 is 0 Å². The van der Waals surface area contributed by atoms with E-state index in [1.165, 1.54) is 12.8 Å². The van der Waals surface area contributed by atoms with Gasteiger partial charge in [-0.05, 0) is 38.4 Å². The van der Waals surface area contributed by atoms with Crippen molar-refractivity contribution in [2.75, 3.05) is 13.1 Å². The fourth-order valence-electron chi connectivity index (χ4n) is 2.47. The zero-order chi connectivity index (χ0) is 12.7. The molecule has 1 heterocycles. The summed E-state index contributed by atoms with van der Waals surface area (Å²) in [6.45, 7) is 8.37. The molecule has 0 N–H and O–H groups in total. The molecular formula is C15H24FN. The first kappa shape index (κ1) is 14.2. The molecule has 17 heavy (non-hydrogen) atoms. The van der Waals surface area contributed by atoms with Crippen LogP contribution in [0.2, 0.25) is 0 Å². The van der Waals surface area contributed by atoms with Crippen LogP contribution in [-0.2, 0) is 0 Å². The predicted molar refractivity (Wildman–Crippen MR) is 71.6 cm³/mol. The first-order valence-corrected chi connectivity index (χ1v) is 6.81. The first-order valence-electron chi connectivity index (χ1n) is 6.81. The van der Waals surface area contributed by atoms with Crippen molar-refractivity contribution in [3.8, 4) is 0 Å². The van der Waals surface area contributed by atoms with Gasteiger partial charge in [0, 0.05) is 11.6 Å². The number of rotatable bonds is 3. The average molecular weight is 237 g/mol. The Morgan fingerprint density at radius 3 is 2.29 bits per heavy atom. The summed E-state index contributed by atoms with van der Waals surface area (Å²) >= 11 is 0. The van der Waals surface area contributed by atoms with Crippen molar-refractivity contribution in [2.45, 2.75) is 46.1 Å². The highest BCUT2D eigenvalue weighted by molar-refractivity contribution is 5.21. The molecule has 96 valence electrons. The number of hydrogen-bond acceptors (Lipinski definition) is 1. The summed E-state index contributed by atoms with van der Waals surface area (Å²) in [5.41, 5.74) is 0.863. The maximum Gasteiger partial charge on any atom is 0.127 e. The summed E-state index contributed by atoms with van der Waals surface area (Å²) < 4.78 is 13.7. The zero-order valence-electron chi connectivity index (χ0n) is 11.2. The number of hydrogen-bond donors (Lipinski definition) is 0. The van der Waals surface area contributed by atoms with Crippen LogP contribution in [0, 0.1) is 5.82 Å². The van der Waals surface area contributed by atoms with Crippen molar-refractivity contribution in [2.24, 2.45) is 0 Å². The van der Waals surface area contributed by atoms with Gasteiger partial charge in [-0.1, -0.05) is 39.0 Å². The molecule has 1 nitrogen and oxygen atoms in total. The van der Waals surface area contributed by atoms with Gasteiger partial charge in [0.1, 0.15) is 5.82 Å². The van der Waals surface area contributed by atoms with Gasteiger partial charge >= 0.3 is 0 Å². The lowest BCUT2D eigenvalue weighted by atomic mass is 10.0. The Bertz CT molecular complexity index is 318. The minimum absolute atomic E-state index is 0.0590. The second kappa shape index (κ2) is 7.44. The molecule has 1 atom stereocenters. The molecule has 1 aliphatic rings. The van der Waals surface area contributed by atoms with Gasteiger partial charge in [-0.15, -0.1) is 0 Å². The molecule has 1 unspecified atom stereocenters. The van der Waals surface area contributed by atoms with Crippen LogP contribution in [0.3, 0.4) is 0 Å². The molecule has 1 saturated heterocycles. The first-order chi connectivity index (χ1) is 8.33. The lowest BCUT2D eigenvalue weighted by molar-refractivity contribution is 0.234. The van der Waals surface area contributed by atoms with Crippen molar-refractivity contribution in [3.05, 3.63) is 35.6 Å². The summed E-state index contributed by atoms with van der Waals surface area (Å²) in [6, 6.07) is 7.44. The minimum atomic E-state index is -0.0590. The van der Waals surface area contributed by atoms with E-state index in [9.17, 15) is 4.39 Å². The third-order valence-corrected chi connectivity index (χ3v) is 3.23. The molecule has 1 aliphatic heterocycles. The monoisotopic (exact) mass is 237 g/mol. The van der Waals surface area contributed by atoms with E-state index in [1.807, 2.05) is 26.0 Å². The van der Waals surface area contributed by atoms with Gasteiger partial charge in [-0.3, -0.25) is 4.90 Å². The molecular weight excluding hydrogens is 213 g/mol. The van der Waals surface area contributed by atoms with Crippen molar-refractivity contribution in [1.29, 1.82) is 0 Å². The molecule has 1 fully saturated rings. The van der Waals surface area contributed by atoms with Crippen molar-refractivity contribution >= 4 is 0 Å². The smallest absolute Gasteiger partial charge is 0.127 e. The molecule has 1 aromatic carbocycles. The normalized spacial score (nSPS) is 17.4. The van der Waals surface area contributed by atoms with Crippen molar-refractivity contribution in [3.63, 3.8) is 0 Å². The lowest BCUT2D eigenvalue weighted by Gasteiger charge is -2.27. The van der Waals surface area contributed by atoms with Crippen LogP contribution < -0.4 is 0 Å². The van der Waals surface area contributed by atoms with E-state index in [4.69, 9.17) is 0 Å². The summed E-state index contributed by atoms with van der Waals surface area (Å²) in [4.78, 5) is 2.40. The quantitative estimate of drug-likeness (QED) is 0.753. The molecule has 0 aromatic heterocycles. The van der Waals surface area contributed by atoms with E-state index in [0.29, 0.717) is 0 Å². The average Bonchev–Trinajstić information content (AvgIpc) is 2.89. The molecule has 0 spiro atoms. The van der Waals surface area contributed by atoms with Crippen LogP contribution in [0.15, 0.2) is 24.3 Å². The maximum atomic E-state index is 13.7. The molecule has 0 amide bonds. The van der Waals surface area contributed by atoms with E-state index in [2.05, 4.69) is 11.8 Å². The van der Waals surface area contributed by atoms with Crippen LogP contribution in [-0.4, -0.2) is 18.0 Å². The van der Waals surface area contributed by atoms with E-state index < -0.39 is 0 Å². The Morgan fingerprint density at radius 1 is 1.18 bits per heavy atom. The molecule has 0 aliphatic carbocycles. The standard InChI is InChI=1S/C13H18FN.C2H6/c1-2-13(15-9-5-6-10-15)11-7-3-4-8-12(11)14;1-2/h3-4,7-8,13H,2,5-6,9-10H2,1H3;1-2H3. The summed E-state index contributed by atoms with van der Waals surface area (Å²) in [7, 11) is 0. The summed E-state index contributed by atoms with van der Waals surface area (Å²) in [5, 5.41) is 0. The Kier molecular flexibility index (Phi) is 6.20. The Balaban J connectivity index is 0.000000686.